The fourth-order valence-electron chi connectivity index (χ4n) is 2.40. The Labute approximate surface area is 141 Å². The lowest BCUT2D eigenvalue weighted by Crippen LogP contribution is -2.41. The minimum atomic E-state index is -0.111. The molecule has 1 saturated carbocycles. The molecule has 1 aliphatic rings. The van der Waals surface area contributed by atoms with Crippen molar-refractivity contribution in [2.45, 2.75) is 43.7 Å². The van der Waals surface area contributed by atoms with Crippen LogP contribution in [0.15, 0.2) is 29.2 Å². The summed E-state index contributed by atoms with van der Waals surface area (Å²) < 4.78 is 0. The molecule has 0 bridgehead atoms. The minimum absolute atomic E-state index is 0.0296. The topological polar surface area (TPSA) is 84.2 Å². The van der Waals surface area contributed by atoms with Gasteiger partial charge in [-0.05, 0) is 44.7 Å². The molecule has 2 rings (SSSR count). The highest BCUT2D eigenvalue weighted by Gasteiger charge is 2.31. The van der Waals surface area contributed by atoms with Crippen LogP contribution >= 0.6 is 11.8 Å². The predicted molar refractivity (Wildman–Crippen MR) is 93.5 cm³/mol. The van der Waals surface area contributed by atoms with E-state index in [4.69, 9.17) is 5.73 Å². The van der Waals surface area contributed by atoms with E-state index in [-0.39, 0.29) is 23.9 Å². The SMILES string of the molecule is CC(C)NC(=O)CSc1ccccc1C(=O)NC(CN)C1CC1. The third-order valence-electron chi connectivity index (χ3n) is 3.70. The van der Waals surface area contributed by atoms with Gasteiger partial charge in [-0.3, -0.25) is 9.59 Å². The van der Waals surface area contributed by atoms with Crippen molar-refractivity contribution in [2.75, 3.05) is 12.3 Å². The number of rotatable bonds is 8. The maximum Gasteiger partial charge on any atom is 0.252 e. The Morgan fingerprint density at radius 2 is 1.96 bits per heavy atom. The Morgan fingerprint density at radius 3 is 2.57 bits per heavy atom. The van der Waals surface area contributed by atoms with Crippen molar-refractivity contribution < 1.29 is 9.59 Å². The summed E-state index contributed by atoms with van der Waals surface area (Å²) in [5, 5.41) is 5.88. The second-order valence-electron chi connectivity index (χ2n) is 6.16. The summed E-state index contributed by atoms with van der Waals surface area (Å²) in [6, 6.07) is 7.54. The van der Waals surface area contributed by atoms with Gasteiger partial charge in [0, 0.05) is 23.5 Å². The smallest absolute Gasteiger partial charge is 0.252 e. The maximum absolute atomic E-state index is 12.5. The van der Waals surface area contributed by atoms with Gasteiger partial charge in [-0.25, -0.2) is 0 Å². The van der Waals surface area contributed by atoms with Gasteiger partial charge in [-0.2, -0.15) is 0 Å². The van der Waals surface area contributed by atoms with Crippen LogP contribution in [0.25, 0.3) is 0 Å². The molecule has 4 N–H and O–H groups in total. The molecule has 0 aromatic heterocycles. The molecule has 126 valence electrons. The van der Waals surface area contributed by atoms with Crippen molar-refractivity contribution in [1.82, 2.24) is 10.6 Å². The van der Waals surface area contributed by atoms with E-state index in [1.54, 1.807) is 6.07 Å². The van der Waals surface area contributed by atoms with Gasteiger partial charge in [0.2, 0.25) is 5.91 Å². The van der Waals surface area contributed by atoms with Crippen molar-refractivity contribution in [2.24, 2.45) is 11.7 Å². The van der Waals surface area contributed by atoms with Gasteiger partial charge in [-0.15, -0.1) is 11.8 Å². The first-order chi connectivity index (χ1) is 11.0. The highest BCUT2D eigenvalue weighted by Crippen LogP contribution is 2.32. The molecule has 0 heterocycles. The van der Waals surface area contributed by atoms with Gasteiger partial charge >= 0.3 is 0 Å². The van der Waals surface area contributed by atoms with E-state index in [0.29, 0.717) is 23.8 Å². The zero-order valence-corrected chi connectivity index (χ0v) is 14.5. The molecule has 0 aliphatic heterocycles. The highest BCUT2D eigenvalue weighted by molar-refractivity contribution is 8.00. The first-order valence-electron chi connectivity index (χ1n) is 8.03. The molecule has 1 atom stereocenters. The van der Waals surface area contributed by atoms with Gasteiger partial charge in [0.1, 0.15) is 0 Å². The molecule has 1 aromatic rings. The van der Waals surface area contributed by atoms with Crippen LogP contribution in [0.1, 0.15) is 37.0 Å². The summed E-state index contributed by atoms with van der Waals surface area (Å²) in [6.45, 7) is 4.31. The van der Waals surface area contributed by atoms with Crippen molar-refractivity contribution in [1.29, 1.82) is 0 Å². The van der Waals surface area contributed by atoms with Gasteiger partial charge in [0.25, 0.3) is 5.91 Å². The molecule has 1 aliphatic carbocycles. The molecule has 6 heteroatoms. The maximum atomic E-state index is 12.5. The summed E-state index contributed by atoms with van der Waals surface area (Å²) in [4.78, 5) is 25.1. The van der Waals surface area contributed by atoms with Crippen LogP contribution in [0.3, 0.4) is 0 Å². The lowest BCUT2D eigenvalue weighted by atomic mass is 10.1. The Hall–Kier alpha value is -1.53. The van der Waals surface area contributed by atoms with Crippen LogP contribution in [0.5, 0.6) is 0 Å². The molecule has 0 radical (unpaired) electrons. The largest absolute Gasteiger partial charge is 0.353 e. The molecule has 1 unspecified atom stereocenters. The number of amides is 2. The Kier molecular flexibility index (Phi) is 6.47. The summed E-state index contributed by atoms with van der Waals surface area (Å²) >= 11 is 1.38. The second-order valence-corrected chi connectivity index (χ2v) is 7.18. The lowest BCUT2D eigenvalue weighted by molar-refractivity contribution is -0.119. The number of thioether (sulfide) groups is 1. The van der Waals surface area contributed by atoms with Crippen LogP contribution in [-0.2, 0) is 4.79 Å². The normalized spacial score (nSPS) is 15.3. The number of benzene rings is 1. The van der Waals surface area contributed by atoms with Crippen LogP contribution < -0.4 is 16.4 Å². The third-order valence-corrected chi connectivity index (χ3v) is 4.78. The van der Waals surface area contributed by atoms with E-state index in [9.17, 15) is 9.59 Å². The number of nitrogens with one attached hydrogen (secondary N) is 2. The summed E-state index contributed by atoms with van der Waals surface area (Å²) in [5.41, 5.74) is 6.36. The molecule has 5 nitrogen and oxygen atoms in total. The van der Waals surface area contributed by atoms with Crippen molar-refractivity contribution in [3.05, 3.63) is 29.8 Å². The summed E-state index contributed by atoms with van der Waals surface area (Å²) in [7, 11) is 0. The standard InChI is InChI=1S/C17H25N3O2S/c1-11(2)19-16(21)10-23-15-6-4-3-5-13(15)17(22)20-14(9-18)12-7-8-12/h3-6,11-12,14H,7-10,18H2,1-2H3,(H,19,21)(H,20,22). The summed E-state index contributed by atoms with van der Waals surface area (Å²) in [6.07, 6.45) is 2.27. The number of carbonyl (C=O) groups excluding carboxylic acids is 2. The average Bonchev–Trinajstić information content (AvgIpc) is 3.34. The van der Waals surface area contributed by atoms with E-state index in [2.05, 4.69) is 10.6 Å². The van der Waals surface area contributed by atoms with Gasteiger partial charge in [0.15, 0.2) is 0 Å². The zero-order chi connectivity index (χ0) is 16.8. The Balaban J connectivity index is 1.98. The zero-order valence-electron chi connectivity index (χ0n) is 13.7. The fraction of sp³-hybridized carbons (Fsp3) is 0.529. The Bertz CT molecular complexity index is 559. The van der Waals surface area contributed by atoms with Crippen LogP contribution in [0.4, 0.5) is 0 Å². The second kappa shape index (κ2) is 8.36. The average molecular weight is 335 g/mol. The molecule has 0 saturated heterocycles. The van der Waals surface area contributed by atoms with Crippen LogP contribution in [0.2, 0.25) is 0 Å². The molecule has 0 spiro atoms. The van der Waals surface area contributed by atoms with Crippen molar-refractivity contribution >= 4 is 23.6 Å². The van der Waals surface area contributed by atoms with E-state index in [1.807, 2.05) is 32.0 Å². The molecular weight excluding hydrogens is 310 g/mol. The first-order valence-corrected chi connectivity index (χ1v) is 9.02. The number of hydrogen-bond donors (Lipinski definition) is 3. The molecule has 23 heavy (non-hydrogen) atoms. The van der Waals surface area contributed by atoms with Gasteiger partial charge < -0.3 is 16.4 Å². The van der Waals surface area contributed by atoms with Gasteiger partial charge in [0.05, 0.1) is 11.3 Å². The van der Waals surface area contributed by atoms with Crippen molar-refractivity contribution in [3.63, 3.8) is 0 Å². The quantitative estimate of drug-likeness (QED) is 0.632. The number of nitrogens with two attached hydrogens (primary N) is 1. The molecule has 1 aromatic carbocycles. The van der Waals surface area contributed by atoms with Crippen LogP contribution in [-0.4, -0.2) is 36.2 Å². The minimum Gasteiger partial charge on any atom is -0.353 e. The third kappa shape index (κ3) is 5.55. The van der Waals surface area contributed by atoms with E-state index in [1.165, 1.54) is 11.8 Å². The van der Waals surface area contributed by atoms with Crippen LogP contribution in [0, 0.1) is 5.92 Å². The number of carbonyl (C=O) groups is 2. The highest BCUT2D eigenvalue weighted by atomic mass is 32.2. The van der Waals surface area contributed by atoms with Crippen molar-refractivity contribution in [3.8, 4) is 0 Å². The van der Waals surface area contributed by atoms with Gasteiger partial charge in [-0.1, -0.05) is 12.1 Å². The molecular formula is C17H25N3O2S. The molecule has 1 fully saturated rings. The predicted octanol–water partition coefficient (Wildman–Crippen LogP) is 1.77. The molecule has 2 amide bonds. The van der Waals surface area contributed by atoms with E-state index >= 15 is 0 Å². The fourth-order valence-corrected chi connectivity index (χ4v) is 3.26. The van der Waals surface area contributed by atoms with E-state index < -0.39 is 0 Å². The number of hydrogen-bond acceptors (Lipinski definition) is 4. The lowest BCUT2D eigenvalue weighted by Gasteiger charge is -2.17. The Morgan fingerprint density at radius 1 is 1.26 bits per heavy atom. The van der Waals surface area contributed by atoms with E-state index in [0.717, 1.165) is 17.7 Å². The first kappa shape index (κ1) is 17.8. The monoisotopic (exact) mass is 335 g/mol. The summed E-state index contributed by atoms with van der Waals surface area (Å²) in [5.74, 6) is 0.670.